The molecule has 0 aliphatic carbocycles. The second-order valence-electron chi connectivity index (χ2n) is 11.0. The molecule has 16 nitrogen and oxygen atoms in total. The van der Waals surface area contributed by atoms with Crippen LogP contribution in [-0.2, 0) is 19.7 Å². The fourth-order valence-electron chi connectivity index (χ4n) is 5.18. The Labute approximate surface area is 285 Å². The molecule has 0 spiro atoms. The third-order valence-electron chi connectivity index (χ3n) is 7.66. The summed E-state index contributed by atoms with van der Waals surface area (Å²) < 4.78 is 14.4. The number of nitrogens with two attached hydrogens (primary N) is 2. The number of methoxy groups -OCH3 is 1. The molecule has 0 bridgehead atoms. The molecule has 0 fully saturated rings. The number of carbonyl (C=O) groups is 3. The number of nitrogens with zero attached hydrogens (tertiary/aromatic N) is 5. The Hall–Kier alpha value is -6.71. The molecule has 0 radical (unpaired) electrons. The lowest BCUT2D eigenvalue weighted by molar-refractivity contribution is -0.384. The van der Waals surface area contributed by atoms with Gasteiger partial charge in [-0.3, -0.25) is 34.5 Å². The molecule has 16 heteroatoms. The van der Waals surface area contributed by atoms with E-state index in [1.807, 2.05) is 6.92 Å². The third-order valence-corrected chi connectivity index (χ3v) is 7.66. The Balaban J connectivity index is 1.39. The van der Waals surface area contributed by atoms with E-state index < -0.39 is 28.3 Å². The molecule has 0 atom stereocenters. The average Bonchev–Trinajstić information content (AvgIpc) is 3.65. The number of amides is 3. The largest absolute Gasteiger partial charge is 0.497 e. The van der Waals surface area contributed by atoms with E-state index in [-0.39, 0.29) is 48.2 Å². The van der Waals surface area contributed by atoms with E-state index in [1.165, 1.54) is 12.1 Å². The number of nitro groups is 1. The van der Waals surface area contributed by atoms with Crippen LogP contribution < -0.4 is 31.6 Å². The van der Waals surface area contributed by atoms with Gasteiger partial charge >= 0.3 is 0 Å². The lowest BCUT2D eigenvalue weighted by Crippen LogP contribution is -2.19. The number of benzene rings is 3. The van der Waals surface area contributed by atoms with E-state index in [2.05, 4.69) is 20.7 Å². The van der Waals surface area contributed by atoms with E-state index in [4.69, 9.17) is 20.9 Å². The van der Waals surface area contributed by atoms with Crippen molar-refractivity contribution >= 4 is 46.1 Å². The second-order valence-corrected chi connectivity index (χ2v) is 11.0. The lowest BCUT2D eigenvalue weighted by atomic mass is 10.1. The van der Waals surface area contributed by atoms with Crippen LogP contribution in [0.5, 0.6) is 11.5 Å². The van der Waals surface area contributed by atoms with Gasteiger partial charge in [-0.15, -0.1) is 0 Å². The molecule has 258 valence electrons. The molecule has 0 saturated carbocycles. The maximum Gasteiger partial charge on any atom is 0.296 e. The molecule has 2 aromatic heterocycles. The smallest absolute Gasteiger partial charge is 0.296 e. The highest BCUT2D eigenvalue weighted by atomic mass is 16.6. The fraction of sp³-hybridized carbons (Fsp3) is 0.206. The zero-order valence-corrected chi connectivity index (χ0v) is 27.5. The first-order valence-corrected chi connectivity index (χ1v) is 15.4. The summed E-state index contributed by atoms with van der Waals surface area (Å²) >= 11 is 0. The van der Waals surface area contributed by atoms with Gasteiger partial charge in [0, 0.05) is 36.8 Å². The van der Waals surface area contributed by atoms with Crippen molar-refractivity contribution in [1.82, 2.24) is 19.3 Å². The SMILES string of the molecule is CCn1nc(C)cc1C(=O)Nc1nc2cc(C(N)=O)ccc2n1CC=CCNc1c(OCc2ccc(OC)cc2)cc(C(N)=O)cc1[N+](=O)[O-]. The molecule has 0 aliphatic rings. The van der Waals surface area contributed by atoms with Crippen molar-refractivity contribution in [1.29, 1.82) is 0 Å². The number of carbonyl (C=O) groups excluding carboxylic acids is 3. The molecule has 3 aromatic carbocycles. The fourth-order valence-corrected chi connectivity index (χ4v) is 5.18. The third kappa shape index (κ3) is 7.70. The van der Waals surface area contributed by atoms with Gasteiger partial charge in [0.05, 0.1) is 28.8 Å². The topological polar surface area (TPSA) is 225 Å². The van der Waals surface area contributed by atoms with Crippen LogP contribution in [-0.4, -0.2) is 55.6 Å². The Morgan fingerprint density at radius 1 is 1.00 bits per heavy atom. The van der Waals surface area contributed by atoms with Gasteiger partial charge in [-0.25, -0.2) is 4.98 Å². The minimum Gasteiger partial charge on any atom is -0.497 e. The summed E-state index contributed by atoms with van der Waals surface area (Å²) in [5.41, 5.74) is 13.6. The summed E-state index contributed by atoms with van der Waals surface area (Å²) in [6.45, 7) is 4.54. The van der Waals surface area contributed by atoms with Crippen LogP contribution in [0.4, 0.5) is 17.3 Å². The zero-order chi connectivity index (χ0) is 35.9. The monoisotopic (exact) mass is 681 g/mol. The molecular weight excluding hydrogens is 646 g/mol. The lowest BCUT2D eigenvalue weighted by Gasteiger charge is -2.14. The maximum atomic E-state index is 13.3. The highest BCUT2D eigenvalue weighted by Gasteiger charge is 2.23. The van der Waals surface area contributed by atoms with Gasteiger partial charge in [0.15, 0.2) is 11.4 Å². The minimum absolute atomic E-state index is 0.0478. The van der Waals surface area contributed by atoms with Crippen LogP contribution >= 0.6 is 0 Å². The van der Waals surface area contributed by atoms with E-state index in [0.717, 1.165) is 11.6 Å². The van der Waals surface area contributed by atoms with Crippen LogP contribution in [0.15, 0.2) is 72.8 Å². The van der Waals surface area contributed by atoms with Crippen molar-refractivity contribution in [2.45, 2.75) is 33.5 Å². The first kappa shape index (κ1) is 34.6. The van der Waals surface area contributed by atoms with Crippen molar-refractivity contribution in [3.8, 4) is 11.5 Å². The summed E-state index contributed by atoms with van der Waals surface area (Å²) in [4.78, 5) is 53.1. The number of aromatic nitrogens is 4. The molecule has 0 unspecified atom stereocenters. The number of fused-ring (bicyclic) bond motifs is 1. The predicted molar refractivity (Wildman–Crippen MR) is 185 cm³/mol. The Morgan fingerprint density at radius 3 is 2.40 bits per heavy atom. The van der Waals surface area contributed by atoms with E-state index in [1.54, 1.807) is 77.9 Å². The number of hydrogen-bond acceptors (Lipinski definition) is 10. The number of aryl methyl sites for hydroxylation is 2. The first-order valence-electron chi connectivity index (χ1n) is 15.4. The van der Waals surface area contributed by atoms with Gasteiger partial charge in [-0.2, -0.15) is 5.10 Å². The standard InChI is InChI=1S/C34H35N9O7/c1-4-42-28(15-20(2)40-42)33(46)39-34-38-25-16-22(31(35)44)9-12-26(25)41(34)14-6-5-13-37-30-27(43(47)48)17-23(32(36)45)18-29(30)50-19-21-7-10-24(49-3)11-8-21/h5-12,15-18,37H,4,13-14,19H2,1-3H3,(H2,35,44)(H2,36,45)(H,38,39,46). The van der Waals surface area contributed by atoms with E-state index in [9.17, 15) is 24.5 Å². The molecule has 5 aromatic rings. The predicted octanol–water partition coefficient (Wildman–Crippen LogP) is 4.18. The van der Waals surface area contributed by atoms with Gasteiger partial charge in [-0.1, -0.05) is 24.3 Å². The quantitative estimate of drug-likeness (QED) is 0.0701. The second kappa shape index (κ2) is 15.0. The number of hydrogen-bond donors (Lipinski definition) is 4. The van der Waals surface area contributed by atoms with E-state index in [0.29, 0.717) is 34.7 Å². The number of rotatable bonds is 15. The normalized spacial score (nSPS) is 11.1. The highest BCUT2D eigenvalue weighted by Crippen LogP contribution is 2.36. The van der Waals surface area contributed by atoms with Crippen LogP contribution in [0.1, 0.15) is 49.4 Å². The summed E-state index contributed by atoms with van der Waals surface area (Å²) in [5, 5.41) is 22.2. The van der Waals surface area contributed by atoms with Gasteiger partial charge in [0.25, 0.3) is 11.6 Å². The molecule has 6 N–H and O–H groups in total. The molecule has 0 aliphatic heterocycles. The Kier molecular flexibility index (Phi) is 10.4. The van der Waals surface area contributed by atoms with E-state index >= 15 is 0 Å². The number of ether oxygens (including phenoxy) is 2. The Bertz CT molecular complexity index is 2120. The van der Waals surface area contributed by atoms with Crippen LogP contribution in [0.3, 0.4) is 0 Å². The maximum absolute atomic E-state index is 13.3. The number of nitro benzene ring substituents is 1. The number of nitrogens with one attached hydrogen (secondary N) is 2. The first-order chi connectivity index (χ1) is 24.0. The highest BCUT2D eigenvalue weighted by molar-refractivity contribution is 6.03. The van der Waals surface area contributed by atoms with Crippen molar-refractivity contribution in [3.05, 3.63) is 111 Å². The van der Waals surface area contributed by atoms with Gasteiger partial charge in [-0.05, 0) is 61.9 Å². The zero-order valence-electron chi connectivity index (χ0n) is 27.5. The van der Waals surface area contributed by atoms with Crippen LogP contribution in [0.25, 0.3) is 11.0 Å². The molecule has 5 rings (SSSR count). The molecule has 2 heterocycles. The van der Waals surface area contributed by atoms with Crippen molar-refractivity contribution < 1.29 is 28.8 Å². The van der Waals surface area contributed by atoms with Gasteiger partial charge in [0.2, 0.25) is 17.8 Å². The number of anilines is 2. The summed E-state index contributed by atoms with van der Waals surface area (Å²) in [5.74, 6) is -0.944. The van der Waals surface area contributed by atoms with Crippen molar-refractivity contribution in [2.24, 2.45) is 11.5 Å². The van der Waals surface area contributed by atoms with Crippen molar-refractivity contribution in [2.75, 3.05) is 24.3 Å². The average molecular weight is 682 g/mol. The van der Waals surface area contributed by atoms with Crippen LogP contribution in [0, 0.1) is 17.0 Å². The summed E-state index contributed by atoms with van der Waals surface area (Å²) in [6.07, 6.45) is 3.50. The molecule has 0 saturated heterocycles. The van der Waals surface area contributed by atoms with Crippen molar-refractivity contribution in [3.63, 3.8) is 0 Å². The van der Waals surface area contributed by atoms with Gasteiger partial charge < -0.3 is 30.8 Å². The molecular formula is C34H35N9O7. The summed E-state index contributed by atoms with van der Waals surface area (Å²) in [6, 6.07) is 16.0. The Morgan fingerprint density at radius 2 is 1.74 bits per heavy atom. The number of primary amides is 2. The molecule has 3 amide bonds. The van der Waals surface area contributed by atoms with Crippen LogP contribution in [0.2, 0.25) is 0 Å². The summed E-state index contributed by atoms with van der Waals surface area (Å²) in [7, 11) is 1.55. The molecule has 50 heavy (non-hydrogen) atoms. The number of imidazole rings is 1. The number of allylic oxidation sites excluding steroid dienone is 1. The minimum atomic E-state index is -0.846. The van der Waals surface area contributed by atoms with Gasteiger partial charge in [0.1, 0.15) is 18.1 Å².